The van der Waals surface area contributed by atoms with Crippen LogP contribution in [0.5, 0.6) is 11.5 Å². The first-order valence-electron chi connectivity index (χ1n) is 10.7. The smallest absolute Gasteiger partial charge is 0.266 e. The normalized spacial score (nSPS) is 24.2. The number of hydrogen-bond acceptors (Lipinski definition) is 6. The Balaban J connectivity index is 1.60. The molecule has 2 heterocycles. The Bertz CT molecular complexity index is 1180. The second-order valence-corrected chi connectivity index (χ2v) is 8.28. The van der Waals surface area contributed by atoms with Gasteiger partial charge in [0.1, 0.15) is 16.9 Å². The molecule has 2 amide bonds. The van der Waals surface area contributed by atoms with Crippen molar-refractivity contribution < 1.29 is 23.9 Å². The number of hydrogen-bond donors (Lipinski definition) is 0. The number of rotatable bonds is 5. The van der Waals surface area contributed by atoms with E-state index in [0.717, 1.165) is 11.3 Å². The first kappa shape index (κ1) is 21.0. The number of ether oxygens (including phenoxy) is 2. The fourth-order valence-corrected chi connectivity index (χ4v) is 4.69. The van der Waals surface area contributed by atoms with Crippen molar-refractivity contribution in [3.63, 3.8) is 0 Å². The quantitative estimate of drug-likeness (QED) is 0.551. The largest absolute Gasteiger partial charge is 0.497 e. The molecule has 2 saturated heterocycles. The van der Waals surface area contributed by atoms with Gasteiger partial charge < -0.3 is 9.47 Å². The number of hydroxylamine groups is 1. The number of para-hydroxylation sites is 1. The van der Waals surface area contributed by atoms with Gasteiger partial charge in [0, 0.05) is 0 Å². The summed E-state index contributed by atoms with van der Waals surface area (Å²) in [4.78, 5) is 34.9. The summed E-state index contributed by atoms with van der Waals surface area (Å²) in [6.45, 7) is 1.80. The number of imide groups is 1. The number of nitrogens with zero attached hydrogens (tertiary/aromatic N) is 2. The Morgan fingerprint density at radius 3 is 1.94 bits per heavy atom. The van der Waals surface area contributed by atoms with Gasteiger partial charge in [-0.2, -0.15) is 0 Å². The summed E-state index contributed by atoms with van der Waals surface area (Å²) < 4.78 is 10.5. The summed E-state index contributed by atoms with van der Waals surface area (Å²) >= 11 is 0. The van der Waals surface area contributed by atoms with E-state index in [2.05, 4.69) is 0 Å². The molecule has 0 unspecified atom stereocenters. The van der Waals surface area contributed by atoms with E-state index >= 15 is 0 Å². The van der Waals surface area contributed by atoms with Crippen LogP contribution in [0.2, 0.25) is 0 Å². The summed E-state index contributed by atoms with van der Waals surface area (Å²) in [5.74, 6) is 0.665. The molecule has 2 aliphatic rings. The second-order valence-electron chi connectivity index (χ2n) is 8.28. The van der Waals surface area contributed by atoms with Crippen molar-refractivity contribution in [2.75, 3.05) is 24.2 Å². The Morgan fingerprint density at radius 2 is 1.36 bits per heavy atom. The number of fused-ring (bicyclic) bond motifs is 1. The third-order valence-electron chi connectivity index (χ3n) is 6.45. The maximum atomic E-state index is 13.9. The van der Waals surface area contributed by atoms with Gasteiger partial charge in [-0.25, -0.2) is 9.96 Å². The molecular weight excluding hydrogens is 420 g/mol. The predicted octanol–water partition coefficient (Wildman–Crippen LogP) is 4.15. The van der Waals surface area contributed by atoms with Crippen LogP contribution in [-0.4, -0.2) is 32.1 Å². The van der Waals surface area contributed by atoms with Gasteiger partial charge in [0.2, 0.25) is 5.91 Å². The molecule has 168 valence electrons. The minimum Gasteiger partial charge on any atom is -0.497 e. The minimum absolute atomic E-state index is 0.304. The number of amides is 2. The number of carbonyl (C=O) groups excluding carboxylic acids is 2. The molecule has 7 nitrogen and oxygen atoms in total. The molecule has 0 radical (unpaired) electrons. The summed E-state index contributed by atoms with van der Waals surface area (Å²) in [6, 6.07) is 23.3. The third-order valence-corrected chi connectivity index (χ3v) is 6.45. The van der Waals surface area contributed by atoms with Crippen molar-refractivity contribution in [3.8, 4) is 11.5 Å². The number of anilines is 2. The van der Waals surface area contributed by atoms with Crippen molar-refractivity contribution in [2.24, 2.45) is 5.41 Å². The fraction of sp³-hybridized carbons (Fsp3) is 0.231. The van der Waals surface area contributed by atoms with Crippen LogP contribution in [0, 0.1) is 5.41 Å². The lowest BCUT2D eigenvalue weighted by atomic mass is 9.76. The number of carbonyl (C=O) groups is 2. The van der Waals surface area contributed by atoms with Gasteiger partial charge in [0.05, 0.1) is 31.6 Å². The highest BCUT2D eigenvalue weighted by Gasteiger charge is 2.68. The van der Waals surface area contributed by atoms with Crippen LogP contribution in [-0.2, 0) is 14.4 Å². The van der Waals surface area contributed by atoms with Crippen LogP contribution < -0.4 is 19.4 Å². The van der Waals surface area contributed by atoms with Crippen LogP contribution in [0.25, 0.3) is 0 Å². The van der Waals surface area contributed by atoms with E-state index < -0.39 is 17.6 Å². The van der Waals surface area contributed by atoms with Gasteiger partial charge in [-0.3, -0.25) is 14.4 Å². The molecule has 2 aliphatic heterocycles. The lowest BCUT2D eigenvalue weighted by Crippen LogP contribution is -2.41. The molecule has 33 heavy (non-hydrogen) atoms. The zero-order valence-electron chi connectivity index (χ0n) is 18.6. The Labute approximate surface area is 192 Å². The van der Waals surface area contributed by atoms with E-state index in [1.54, 1.807) is 50.5 Å². The zero-order chi connectivity index (χ0) is 23.2. The van der Waals surface area contributed by atoms with Crippen molar-refractivity contribution in [3.05, 3.63) is 84.4 Å². The Hall–Kier alpha value is -3.84. The van der Waals surface area contributed by atoms with E-state index in [1.807, 2.05) is 54.6 Å². The van der Waals surface area contributed by atoms with Gasteiger partial charge in [-0.1, -0.05) is 30.3 Å². The molecule has 2 fully saturated rings. The van der Waals surface area contributed by atoms with E-state index in [9.17, 15) is 9.59 Å². The van der Waals surface area contributed by atoms with E-state index in [4.69, 9.17) is 14.3 Å². The van der Waals surface area contributed by atoms with Crippen LogP contribution in [0.1, 0.15) is 18.5 Å². The number of methoxy groups -OCH3 is 2. The predicted molar refractivity (Wildman–Crippen MR) is 123 cm³/mol. The zero-order valence-corrected chi connectivity index (χ0v) is 18.6. The molecule has 7 heteroatoms. The average molecular weight is 444 g/mol. The van der Waals surface area contributed by atoms with E-state index in [-0.39, 0.29) is 11.8 Å². The lowest BCUT2D eigenvalue weighted by Gasteiger charge is -2.32. The molecule has 0 aromatic heterocycles. The topological polar surface area (TPSA) is 68.3 Å². The van der Waals surface area contributed by atoms with Gasteiger partial charge in [0.25, 0.3) is 5.91 Å². The van der Waals surface area contributed by atoms with Crippen molar-refractivity contribution in [1.29, 1.82) is 0 Å². The van der Waals surface area contributed by atoms with Crippen molar-refractivity contribution >= 4 is 23.2 Å². The van der Waals surface area contributed by atoms with Crippen LogP contribution in [0.4, 0.5) is 11.4 Å². The summed E-state index contributed by atoms with van der Waals surface area (Å²) in [7, 11) is 3.17. The van der Waals surface area contributed by atoms with E-state index in [0.29, 0.717) is 17.2 Å². The highest BCUT2D eigenvalue weighted by atomic mass is 16.7. The minimum atomic E-state index is -1.14. The monoisotopic (exact) mass is 444 g/mol. The van der Waals surface area contributed by atoms with Gasteiger partial charge in [-0.15, -0.1) is 0 Å². The summed E-state index contributed by atoms with van der Waals surface area (Å²) in [5.41, 5.74) is 0.972. The Kier molecular flexibility index (Phi) is 5.06. The molecule has 0 N–H and O–H groups in total. The number of benzene rings is 3. The van der Waals surface area contributed by atoms with Crippen LogP contribution >= 0.6 is 0 Å². The SMILES string of the molecule is COc1ccc([C@@H]2N(c3ccccc3)O[C@@H]3C(=O)N(c4ccc(OC)cc4)C(=O)[C@@]32C)cc1. The Morgan fingerprint density at radius 1 is 0.788 bits per heavy atom. The molecule has 3 aromatic rings. The standard InChI is InChI=1S/C26H24N2O5/c1-26-22(17-9-13-20(31-2)14-10-17)28(19-7-5-4-6-8-19)33-23(26)24(29)27(25(26)30)18-11-15-21(32-3)16-12-18/h4-16,22-23H,1-3H3/t22-,23+,26+/m0/s1. The molecule has 0 aliphatic carbocycles. The maximum absolute atomic E-state index is 13.9. The molecular formula is C26H24N2O5. The molecule has 3 aromatic carbocycles. The van der Waals surface area contributed by atoms with Gasteiger partial charge in [-0.05, 0) is 61.0 Å². The highest BCUT2D eigenvalue weighted by Crippen LogP contribution is 2.55. The summed E-state index contributed by atoms with van der Waals surface area (Å²) in [5, 5.41) is 1.69. The van der Waals surface area contributed by atoms with Gasteiger partial charge >= 0.3 is 0 Å². The molecule has 3 atom stereocenters. The van der Waals surface area contributed by atoms with Gasteiger partial charge in [0.15, 0.2) is 6.10 Å². The average Bonchev–Trinajstić information content (AvgIpc) is 3.28. The second kappa shape index (κ2) is 7.94. The fourth-order valence-electron chi connectivity index (χ4n) is 4.69. The molecule has 0 saturated carbocycles. The molecule has 0 spiro atoms. The lowest BCUT2D eigenvalue weighted by molar-refractivity contribution is -0.128. The van der Waals surface area contributed by atoms with E-state index in [1.165, 1.54) is 4.90 Å². The molecule has 0 bridgehead atoms. The third kappa shape index (κ3) is 3.15. The first-order chi connectivity index (χ1) is 16.0. The van der Waals surface area contributed by atoms with Crippen LogP contribution in [0.3, 0.4) is 0 Å². The molecule has 5 rings (SSSR count). The maximum Gasteiger partial charge on any atom is 0.266 e. The van der Waals surface area contributed by atoms with Crippen molar-refractivity contribution in [1.82, 2.24) is 0 Å². The first-order valence-corrected chi connectivity index (χ1v) is 10.7. The highest BCUT2D eigenvalue weighted by molar-refractivity contribution is 6.25. The van der Waals surface area contributed by atoms with Crippen molar-refractivity contribution in [2.45, 2.75) is 19.1 Å². The van der Waals surface area contributed by atoms with Crippen LogP contribution in [0.15, 0.2) is 78.9 Å². The summed E-state index contributed by atoms with van der Waals surface area (Å²) in [6.07, 6.45) is -0.959.